The Morgan fingerprint density at radius 1 is 1.44 bits per heavy atom. The Morgan fingerprint density at radius 2 is 2.31 bits per heavy atom. The summed E-state index contributed by atoms with van der Waals surface area (Å²) < 4.78 is 5.21. The van der Waals surface area contributed by atoms with Gasteiger partial charge in [0.2, 0.25) is 0 Å². The third-order valence-corrected chi connectivity index (χ3v) is 2.27. The average molecular weight is 238 g/mol. The fraction of sp³-hybridized carbons (Fsp3) is 0.182. The third-order valence-electron chi connectivity index (χ3n) is 2.07. The molecular formula is C11H12ClN3O. The summed E-state index contributed by atoms with van der Waals surface area (Å²) in [5, 5.41) is 3.52. The molecule has 3 N–H and O–H groups in total. The van der Waals surface area contributed by atoms with Gasteiger partial charge in [0.05, 0.1) is 6.26 Å². The Bertz CT molecular complexity index is 436. The van der Waals surface area contributed by atoms with Gasteiger partial charge < -0.3 is 15.5 Å². The highest BCUT2D eigenvalue weighted by atomic mass is 35.5. The molecule has 0 unspecified atom stereocenters. The van der Waals surface area contributed by atoms with E-state index in [2.05, 4.69) is 10.3 Å². The topological polar surface area (TPSA) is 64.1 Å². The minimum atomic E-state index is 0.389. The van der Waals surface area contributed by atoms with Crippen LogP contribution in [0.25, 0.3) is 0 Å². The number of hydrogen-bond acceptors (Lipinski definition) is 4. The van der Waals surface area contributed by atoms with Gasteiger partial charge in [0, 0.05) is 24.7 Å². The van der Waals surface area contributed by atoms with Crippen molar-refractivity contribution in [2.75, 3.05) is 17.6 Å². The molecule has 2 aromatic rings. The first kappa shape index (κ1) is 10.8. The van der Waals surface area contributed by atoms with Gasteiger partial charge in [-0.2, -0.15) is 0 Å². The smallest absolute Gasteiger partial charge is 0.133 e. The molecule has 0 aromatic carbocycles. The molecule has 0 aliphatic carbocycles. The average Bonchev–Trinajstić information content (AvgIpc) is 2.69. The van der Waals surface area contributed by atoms with Crippen molar-refractivity contribution in [2.24, 2.45) is 0 Å². The standard InChI is InChI=1S/C11H12ClN3O/c12-10-6-8(13)7-11(15-10)14-4-3-9-2-1-5-16-9/h1-2,5-7H,3-4H2,(H3,13,14,15). The lowest BCUT2D eigenvalue weighted by Crippen LogP contribution is -2.06. The number of halogens is 1. The van der Waals surface area contributed by atoms with Crippen LogP contribution in [0, 0.1) is 0 Å². The molecule has 2 aromatic heterocycles. The van der Waals surface area contributed by atoms with E-state index in [4.69, 9.17) is 21.8 Å². The third kappa shape index (κ3) is 2.90. The van der Waals surface area contributed by atoms with Crippen LogP contribution in [0.3, 0.4) is 0 Å². The second-order valence-electron chi connectivity index (χ2n) is 3.36. The number of nitrogens with zero attached hydrogens (tertiary/aromatic N) is 1. The highest BCUT2D eigenvalue weighted by Crippen LogP contribution is 2.15. The largest absolute Gasteiger partial charge is 0.469 e. The molecule has 0 fully saturated rings. The van der Waals surface area contributed by atoms with Crippen LogP contribution in [0.5, 0.6) is 0 Å². The number of nitrogen functional groups attached to an aromatic ring is 1. The zero-order chi connectivity index (χ0) is 11.4. The predicted molar refractivity (Wildman–Crippen MR) is 64.6 cm³/mol. The maximum Gasteiger partial charge on any atom is 0.133 e. The maximum atomic E-state index is 5.78. The van der Waals surface area contributed by atoms with E-state index in [9.17, 15) is 0 Å². The molecule has 0 saturated carbocycles. The van der Waals surface area contributed by atoms with Gasteiger partial charge in [0.1, 0.15) is 16.7 Å². The lowest BCUT2D eigenvalue weighted by molar-refractivity contribution is 0.513. The Labute approximate surface area is 98.4 Å². The van der Waals surface area contributed by atoms with Gasteiger partial charge >= 0.3 is 0 Å². The molecule has 0 aliphatic rings. The fourth-order valence-electron chi connectivity index (χ4n) is 1.38. The number of nitrogens with one attached hydrogen (secondary N) is 1. The van der Waals surface area contributed by atoms with Crippen LogP contribution in [-0.2, 0) is 6.42 Å². The van der Waals surface area contributed by atoms with Crippen molar-refractivity contribution in [2.45, 2.75) is 6.42 Å². The molecule has 5 heteroatoms. The SMILES string of the molecule is Nc1cc(Cl)nc(NCCc2ccco2)c1. The Balaban J connectivity index is 1.89. The van der Waals surface area contributed by atoms with Crippen LogP contribution in [0.15, 0.2) is 34.9 Å². The van der Waals surface area contributed by atoms with Crippen LogP contribution < -0.4 is 11.1 Å². The van der Waals surface area contributed by atoms with Crippen LogP contribution in [0.2, 0.25) is 5.15 Å². The van der Waals surface area contributed by atoms with Gasteiger partial charge in [-0.3, -0.25) is 0 Å². The normalized spacial score (nSPS) is 10.3. The number of hydrogen-bond donors (Lipinski definition) is 2. The molecule has 84 valence electrons. The van der Waals surface area contributed by atoms with E-state index in [-0.39, 0.29) is 0 Å². The summed E-state index contributed by atoms with van der Waals surface area (Å²) in [4.78, 5) is 4.10. The summed E-state index contributed by atoms with van der Waals surface area (Å²) in [6, 6.07) is 7.15. The van der Waals surface area contributed by atoms with Crippen molar-refractivity contribution in [1.29, 1.82) is 0 Å². The highest BCUT2D eigenvalue weighted by molar-refractivity contribution is 6.29. The number of aromatic nitrogens is 1. The summed E-state index contributed by atoms with van der Waals surface area (Å²) in [5.74, 6) is 1.61. The van der Waals surface area contributed by atoms with Crippen molar-refractivity contribution in [3.63, 3.8) is 0 Å². The lowest BCUT2D eigenvalue weighted by atomic mass is 10.3. The molecule has 0 bridgehead atoms. The predicted octanol–water partition coefficient (Wildman–Crippen LogP) is 2.56. The Morgan fingerprint density at radius 3 is 3.00 bits per heavy atom. The molecule has 0 spiro atoms. The summed E-state index contributed by atoms with van der Waals surface area (Å²) >= 11 is 5.78. The van der Waals surface area contributed by atoms with Crippen molar-refractivity contribution in [3.8, 4) is 0 Å². The quantitative estimate of drug-likeness (QED) is 0.803. The molecular weight excluding hydrogens is 226 g/mol. The molecule has 0 saturated heterocycles. The van der Waals surface area contributed by atoms with E-state index in [1.165, 1.54) is 0 Å². The fourth-order valence-corrected chi connectivity index (χ4v) is 1.59. The molecule has 0 atom stereocenters. The van der Waals surface area contributed by atoms with Crippen LogP contribution in [-0.4, -0.2) is 11.5 Å². The van der Waals surface area contributed by atoms with E-state index in [0.29, 0.717) is 16.7 Å². The van der Waals surface area contributed by atoms with E-state index >= 15 is 0 Å². The summed E-state index contributed by atoms with van der Waals surface area (Å²) in [6.45, 7) is 0.723. The van der Waals surface area contributed by atoms with Gasteiger partial charge in [0.25, 0.3) is 0 Å². The van der Waals surface area contributed by atoms with Crippen LogP contribution in [0.4, 0.5) is 11.5 Å². The summed E-state index contributed by atoms with van der Waals surface area (Å²) in [7, 11) is 0. The van der Waals surface area contributed by atoms with Crippen LogP contribution >= 0.6 is 11.6 Å². The van der Waals surface area contributed by atoms with Crippen molar-refractivity contribution in [3.05, 3.63) is 41.4 Å². The number of furan rings is 1. The van der Waals surface area contributed by atoms with Crippen molar-refractivity contribution >= 4 is 23.1 Å². The van der Waals surface area contributed by atoms with E-state index in [1.54, 1.807) is 18.4 Å². The minimum absolute atomic E-state index is 0.389. The second kappa shape index (κ2) is 4.90. The molecule has 16 heavy (non-hydrogen) atoms. The molecule has 0 aliphatic heterocycles. The molecule has 0 radical (unpaired) electrons. The second-order valence-corrected chi connectivity index (χ2v) is 3.75. The van der Waals surface area contributed by atoms with E-state index < -0.39 is 0 Å². The van der Waals surface area contributed by atoms with Crippen molar-refractivity contribution in [1.82, 2.24) is 4.98 Å². The number of anilines is 2. The van der Waals surface area contributed by atoms with Gasteiger partial charge in [-0.25, -0.2) is 4.98 Å². The number of rotatable bonds is 4. The van der Waals surface area contributed by atoms with E-state index in [0.717, 1.165) is 18.7 Å². The van der Waals surface area contributed by atoms with Gasteiger partial charge in [-0.15, -0.1) is 0 Å². The summed E-state index contributed by atoms with van der Waals surface area (Å²) in [6.07, 6.45) is 2.45. The van der Waals surface area contributed by atoms with E-state index in [1.807, 2.05) is 12.1 Å². The molecule has 2 heterocycles. The number of nitrogens with two attached hydrogens (primary N) is 1. The number of pyridine rings is 1. The maximum absolute atomic E-state index is 5.78. The zero-order valence-electron chi connectivity index (χ0n) is 8.61. The van der Waals surface area contributed by atoms with Gasteiger partial charge in [0.15, 0.2) is 0 Å². The molecule has 4 nitrogen and oxygen atoms in total. The molecule has 0 amide bonds. The highest BCUT2D eigenvalue weighted by Gasteiger charge is 1.99. The zero-order valence-corrected chi connectivity index (χ0v) is 9.37. The Hall–Kier alpha value is -1.68. The lowest BCUT2D eigenvalue weighted by Gasteiger charge is -2.05. The first-order valence-electron chi connectivity index (χ1n) is 4.93. The first-order chi connectivity index (χ1) is 7.74. The van der Waals surface area contributed by atoms with Gasteiger partial charge in [-0.1, -0.05) is 11.6 Å². The van der Waals surface area contributed by atoms with Crippen LogP contribution in [0.1, 0.15) is 5.76 Å². The monoisotopic (exact) mass is 237 g/mol. The molecule has 2 rings (SSSR count). The van der Waals surface area contributed by atoms with Crippen molar-refractivity contribution < 1.29 is 4.42 Å². The Kier molecular flexibility index (Phi) is 3.31. The minimum Gasteiger partial charge on any atom is -0.469 e. The van der Waals surface area contributed by atoms with Gasteiger partial charge in [-0.05, 0) is 18.2 Å². The first-order valence-corrected chi connectivity index (χ1v) is 5.31. The summed E-state index contributed by atoms with van der Waals surface area (Å²) in [5.41, 5.74) is 6.24.